The molecule has 5 nitrogen and oxygen atoms in total. The number of anilines is 3. The van der Waals surface area contributed by atoms with E-state index in [0.29, 0.717) is 27.6 Å². The number of hydrogen-bond donors (Lipinski definition) is 3. The van der Waals surface area contributed by atoms with E-state index in [4.69, 9.17) is 11.6 Å². The van der Waals surface area contributed by atoms with Gasteiger partial charge in [-0.05, 0) is 61.0 Å². The van der Waals surface area contributed by atoms with Gasteiger partial charge in [-0.15, -0.1) is 0 Å². The Morgan fingerprint density at radius 1 is 0.897 bits per heavy atom. The molecule has 0 heterocycles. The molecule has 3 aromatic rings. The van der Waals surface area contributed by atoms with Gasteiger partial charge in [0.25, 0.3) is 5.91 Å². The van der Waals surface area contributed by atoms with E-state index in [1.54, 1.807) is 42.5 Å². The van der Waals surface area contributed by atoms with E-state index in [1.807, 2.05) is 6.92 Å². The number of para-hydroxylation sites is 1. The number of halogens is 2. The summed E-state index contributed by atoms with van der Waals surface area (Å²) in [5, 5.41) is 9.04. The third-order valence-electron chi connectivity index (χ3n) is 4.25. The van der Waals surface area contributed by atoms with Crippen molar-refractivity contribution in [1.82, 2.24) is 0 Å². The van der Waals surface area contributed by atoms with Crippen LogP contribution in [0.4, 0.5) is 21.5 Å². The molecule has 3 aromatic carbocycles. The maximum Gasteiger partial charge on any atom is 0.257 e. The highest BCUT2D eigenvalue weighted by Crippen LogP contribution is 2.23. The third kappa shape index (κ3) is 5.33. The minimum absolute atomic E-state index is 0.0349. The van der Waals surface area contributed by atoms with E-state index >= 15 is 0 Å². The van der Waals surface area contributed by atoms with Crippen LogP contribution in [0.3, 0.4) is 0 Å². The molecule has 0 saturated carbocycles. The average molecular weight is 412 g/mol. The number of amides is 2. The Kier molecular flexibility index (Phi) is 6.46. The molecule has 0 aliphatic rings. The van der Waals surface area contributed by atoms with Crippen molar-refractivity contribution in [2.75, 3.05) is 22.5 Å². The van der Waals surface area contributed by atoms with Crippen molar-refractivity contribution in [3.63, 3.8) is 0 Å². The van der Waals surface area contributed by atoms with Crippen LogP contribution in [0.1, 0.15) is 15.9 Å². The number of benzene rings is 3. The Labute approximate surface area is 172 Å². The van der Waals surface area contributed by atoms with Crippen LogP contribution < -0.4 is 16.0 Å². The average Bonchev–Trinajstić information content (AvgIpc) is 2.72. The van der Waals surface area contributed by atoms with Crippen LogP contribution in [0.25, 0.3) is 0 Å². The Bertz CT molecular complexity index is 1040. The molecule has 0 bridgehead atoms. The van der Waals surface area contributed by atoms with Crippen LogP contribution in [-0.2, 0) is 4.79 Å². The maximum absolute atomic E-state index is 13.0. The van der Waals surface area contributed by atoms with Gasteiger partial charge < -0.3 is 16.0 Å². The van der Waals surface area contributed by atoms with Crippen molar-refractivity contribution in [1.29, 1.82) is 0 Å². The van der Waals surface area contributed by atoms with Gasteiger partial charge in [0.1, 0.15) is 5.82 Å². The quantitative estimate of drug-likeness (QED) is 0.529. The minimum Gasteiger partial charge on any atom is -0.376 e. The lowest BCUT2D eigenvalue weighted by molar-refractivity contribution is -0.114. The van der Waals surface area contributed by atoms with Crippen molar-refractivity contribution in [2.24, 2.45) is 0 Å². The van der Waals surface area contributed by atoms with Crippen LogP contribution in [0, 0.1) is 12.7 Å². The topological polar surface area (TPSA) is 70.2 Å². The standard InChI is InChI=1S/C22H19ClFN3O2/c1-14-18(23)6-4-8-19(14)27-21(28)13-25-20-7-3-2-5-17(20)22(29)26-16-11-9-15(24)10-12-16/h2-12,25H,13H2,1H3,(H,26,29)(H,27,28). The van der Waals surface area contributed by atoms with Gasteiger partial charge in [0.05, 0.1) is 12.1 Å². The van der Waals surface area contributed by atoms with Crippen molar-refractivity contribution in [2.45, 2.75) is 6.92 Å². The Morgan fingerprint density at radius 2 is 1.59 bits per heavy atom. The molecule has 0 aliphatic heterocycles. The molecule has 29 heavy (non-hydrogen) atoms. The zero-order valence-electron chi connectivity index (χ0n) is 15.6. The lowest BCUT2D eigenvalue weighted by atomic mass is 10.1. The van der Waals surface area contributed by atoms with Gasteiger partial charge >= 0.3 is 0 Å². The fraction of sp³-hybridized carbons (Fsp3) is 0.0909. The number of carbonyl (C=O) groups excluding carboxylic acids is 2. The first-order valence-corrected chi connectivity index (χ1v) is 9.26. The lowest BCUT2D eigenvalue weighted by Crippen LogP contribution is -2.23. The lowest BCUT2D eigenvalue weighted by Gasteiger charge is -2.13. The van der Waals surface area contributed by atoms with Gasteiger partial charge in [0.2, 0.25) is 5.91 Å². The molecule has 0 saturated heterocycles. The second kappa shape index (κ2) is 9.21. The highest BCUT2D eigenvalue weighted by Gasteiger charge is 2.13. The predicted octanol–water partition coefficient (Wildman–Crippen LogP) is 5.09. The third-order valence-corrected chi connectivity index (χ3v) is 4.66. The summed E-state index contributed by atoms with van der Waals surface area (Å²) in [6.07, 6.45) is 0. The van der Waals surface area contributed by atoms with Crippen LogP contribution >= 0.6 is 11.6 Å². The zero-order valence-corrected chi connectivity index (χ0v) is 16.4. The molecule has 0 unspecified atom stereocenters. The molecule has 3 N–H and O–H groups in total. The molecule has 148 valence electrons. The second-order valence-electron chi connectivity index (χ2n) is 6.32. The van der Waals surface area contributed by atoms with E-state index in [9.17, 15) is 14.0 Å². The first-order chi connectivity index (χ1) is 13.9. The summed E-state index contributed by atoms with van der Waals surface area (Å²) < 4.78 is 13.0. The fourth-order valence-electron chi connectivity index (χ4n) is 2.68. The number of nitrogens with one attached hydrogen (secondary N) is 3. The largest absolute Gasteiger partial charge is 0.376 e. The highest BCUT2D eigenvalue weighted by molar-refractivity contribution is 6.31. The summed E-state index contributed by atoms with van der Waals surface area (Å²) in [6.45, 7) is 1.78. The Balaban J connectivity index is 1.65. The number of hydrogen-bond acceptors (Lipinski definition) is 3. The maximum atomic E-state index is 13.0. The number of carbonyl (C=O) groups is 2. The first-order valence-electron chi connectivity index (χ1n) is 8.89. The molecule has 0 spiro atoms. The molecule has 2 amide bonds. The van der Waals surface area contributed by atoms with Crippen molar-refractivity contribution < 1.29 is 14.0 Å². The summed E-state index contributed by atoms with van der Waals surface area (Å²) in [4.78, 5) is 24.9. The van der Waals surface area contributed by atoms with Gasteiger partial charge in [-0.2, -0.15) is 0 Å². The first kappa shape index (κ1) is 20.4. The van der Waals surface area contributed by atoms with Gasteiger partial charge in [-0.3, -0.25) is 9.59 Å². The highest BCUT2D eigenvalue weighted by atomic mass is 35.5. The van der Waals surface area contributed by atoms with E-state index in [2.05, 4.69) is 16.0 Å². The van der Waals surface area contributed by atoms with Crippen LogP contribution in [0.15, 0.2) is 66.7 Å². The summed E-state index contributed by atoms with van der Waals surface area (Å²) in [5.41, 5.74) is 2.75. The fourth-order valence-corrected chi connectivity index (χ4v) is 2.85. The van der Waals surface area contributed by atoms with E-state index < -0.39 is 0 Å². The normalized spacial score (nSPS) is 10.3. The minimum atomic E-state index is -0.383. The molecule has 0 fully saturated rings. The van der Waals surface area contributed by atoms with Gasteiger partial charge in [-0.25, -0.2) is 4.39 Å². The van der Waals surface area contributed by atoms with Gasteiger partial charge in [0, 0.05) is 22.1 Å². The van der Waals surface area contributed by atoms with Gasteiger partial charge in [0.15, 0.2) is 0 Å². The SMILES string of the molecule is Cc1c(Cl)cccc1NC(=O)CNc1ccccc1C(=O)Nc1ccc(F)cc1. The van der Waals surface area contributed by atoms with Crippen LogP contribution in [0.5, 0.6) is 0 Å². The van der Waals surface area contributed by atoms with Crippen LogP contribution in [0.2, 0.25) is 5.02 Å². The molecular weight excluding hydrogens is 393 g/mol. The second-order valence-corrected chi connectivity index (χ2v) is 6.73. The van der Waals surface area contributed by atoms with Gasteiger partial charge in [-0.1, -0.05) is 29.8 Å². The van der Waals surface area contributed by atoms with E-state index in [-0.39, 0.29) is 24.2 Å². The molecule has 0 aliphatic carbocycles. The van der Waals surface area contributed by atoms with Crippen LogP contribution in [-0.4, -0.2) is 18.4 Å². The molecule has 3 rings (SSSR count). The van der Waals surface area contributed by atoms with Crippen molar-refractivity contribution >= 4 is 40.5 Å². The van der Waals surface area contributed by atoms with E-state index in [1.165, 1.54) is 24.3 Å². The molecule has 0 radical (unpaired) electrons. The Hall–Kier alpha value is -3.38. The summed E-state index contributed by atoms with van der Waals surface area (Å²) in [6, 6.07) is 17.6. The molecule has 0 aromatic heterocycles. The molecule has 7 heteroatoms. The summed E-state index contributed by atoms with van der Waals surface area (Å²) in [7, 11) is 0. The molecule has 0 atom stereocenters. The summed E-state index contributed by atoms with van der Waals surface area (Å²) >= 11 is 6.07. The predicted molar refractivity (Wildman–Crippen MR) is 114 cm³/mol. The smallest absolute Gasteiger partial charge is 0.257 e. The monoisotopic (exact) mass is 411 g/mol. The van der Waals surface area contributed by atoms with E-state index in [0.717, 1.165) is 5.56 Å². The summed E-state index contributed by atoms with van der Waals surface area (Å²) in [5.74, 6) is -1.03. The zero-order chi connectivity index (χ0) is 20.8. The van der Waals surface area contributed by atoms with Crippen molar-refractivity contribution in [3.05, 3.63) is 88.7 Å². The van der Waals surface area contributed by atoms with Crippen molar-refractivity contribution in [3.8, 4) is 0 Å². The Morgan fingerprint density at radius 3 is 2.34 bits per heavy atom. The molecular formula is C22H19ClFN3O2. The number of rotatable bonds is 6.